The number of aromatic nitrogens is 4. The first-order chi connectivity index (χ1) is 10.9. The molecular formula is C15H21N5O3. The van der Waals surface area contributed by atoms with Crippen molar-refractivity contribution in [1.29, 1.82) is 0 Å². The van der Waals surface area contributed by atoms with Gasteiger partial charge in [-0.2, -0.15) is 0 Å². The molecule has 2 aromatic heterocycles. The zero-order chi connectivity index (χ0) is 16.6. The molecule has 8 nitrogen and oxygen atoms in total. The van der Waals surface area contributed by atoms with E-state index in [-0.39, 0.29) is 0 Å². The first-order valence-corrected chi connectivity index (χ1v) is 7.58. The van der Waals surface area contributed by atoms with Crippen molar-refractivity contribution in [2.24, 2.45) is 7.05 Å². The van der Waals surface area contributed by atoms with Crippen LogP contribution in [0.25, 0.3) is 0 Å². The monoisotopic (exact) mass is 319 g/mol. The van der Waals surface area contributed by atoms with Crippen molar-refractivity contribution in [2.45, 2.75) is 31.5 Å². The summed E-state index contributed by atoms with van der Waals surface area (Å²) in [5.41, 5.74) is -0.872. The lowest BCUT2D eigenvalue weighted by Crippen LogP contribution is -2.53. The first-order valence-electron chi connectivity index (χ1n) is 7.58. The molecule has 2 N–H and O–H groups in total. The Morgan fingerprint density at radius 1 is 1.48 bits per heavy atom. The average molecular weight is 319 g/mol. The molecule has 0 aromatic carbocycles. The van der Waals surface area contributed by atoms with E-state index >= 15 is 0 Å². The largest absolute Gasteiger partial charge is 0.388 e. The van der Waals surface area contributed by atoms with Crippen LogP contribution in [0.1, 0.15) is 25.1 Å². The Morgan fingerprint density at radius 3 is 2.91 bits per heavy atom. The lowest BCUT2D eigenvalue weighted by Gasteiger charge is -2.43. The van der Waals surface area contributed by atoms with Gasteiger partial charge in [-0.15, -0.1) is 0 Å². The molecule has 1 aliphatic rings. The summed E-state index contributed by atoms with van der Waals surface area (Å²) in [6.07, 6.45) is 5.56. The van der Waals surface area contributed by atoms with Gasteiger partial charge in [-0.05, 0) is 13.3 Å². The number of rotatable bonds is 3. The Morgan fingerprint density at radius 2 is 2.26 bits per heavy atom. The number of piperidine rings is 1. The highest BCUT2D eigenvalue weighted by Gasteiger charge is 2.39. The van der Waals surface area contributed by atoms with Gasteiger partial charge in [0.2, 0.25) is 0 Å². The summed E-state index contributed by atoms with van der Waals surface area (Å²) in [4.78, 5) is 31.9. The number of aliphatic hydroxyl groups is 1. The number of likely N-dealkylation sites (tertiary alicyclic amines) is 1. The predicted molar refractivity (Wildman–Crippen MR) is 84.1 cm³/mol. The van der Waals surface area contributed by atoms with Crippen LogP contribution < -0.4 is 11.2 Å². The highest BCUT2D eigenvalue weighted by molar-refractivity contribution is 5.01. The Labute approximate surface area is 133 Å². The minimum Gasteiger partial charge on any atom is -0.388 e. The summed E-state index contributed by atoms with van der Waals surface area (Å²) < 4.78 is 3.37. The minimum atomic E-state index is -1.01. The summed E-state index contributed by atoms with van der Waals surface area (Å²) >= 11 is 0. The maximum atomic E-state index is 12.1. The first kappa shape index (κ1) is 15.7. The SMILES string of the molecule is Cn1cncc1CN1CC[C@@](C)(O)[C@H](n2ccc(=O)[nH]c2=O)C1. The van der Waals surface area contributed by atoms with E-state index in [1.165, 1.54) is 16.8 Å². The van der Waals surface area contributed by atoms with E-state index < -0.39 is 22.9 Å². The lowest BCUT2D eigenvalue weighted by molar-refractivity contribution is -0.0546. The fourth-order valence-corrected chi connectivity index (χ4v) is 3.05. The fourth-order valence-electron chi connectivity index (χ4n) is 3.05. The van der Waals surface area contributed by atoms with Gasteiger partial charge in [0.05, 0.1) is 23.7 Å². The quantitative estimate of drug-likeness (QED) is 0.793. The summed E-state index contributed by atoms with van der Waals surface area (Å²) in [7, 11) is 1.94. The van der Waals surface area contributed by atoms with Crippen LogP contribution in [0.4, 0.5) is 0 Å². The van der Waals surface area contributed by atoms with Gasteiger partial charge < -0.3 is 9.67 Å². The smallest absolute Gasteiger partial charge is 0.328 e. The zero-order valence-electron chi connectivity index (χ0n) is 13.3. The second-order valence-corrected chi connectivity index (χ2v) is 6.37. The van der Waals surface area contributed by atoms with Crippen LogP contribution in [0.15, 0.2) is 34.4 Å². The van der Waals surface area contributed by atoms with Gasteiger partial charge in [0.25, 0.3) is 5.56 Å². The summed E-state index contributed by atoms with van der Waals surface area (Å²) in [5, 5.41) is 10.7. The molecule has 2 atom stereocenters. The number of hydrogen-bond acceptors (Lipinski definition) is 5. The van der Waals surface area contributed by atoms with E-state index in [4.69, 9.17) is 0 Å². The number of aryl methyl sites for hydroxylation is 1. The van der Waals surface area contributed by atoms with Crippen molar-refractivity contribution in [2.75, 3.05) is 13.1 Å². The number of aromatic amines is 1. The molecule has 3 rings (SSSR count). The van der Waals surface area contributed by atoms with Gasteiger partial charge in [0.1, 0.15) is 0 Å². The summed E-state index contributed by atoms with van der Waals surface area (Å²) in [5.74, 6) is 0. The second-order valence-electron chi connectivity index (χ2n) is 6.37. The van der Waals surface area contributed by atoms with Crippen LogP contribution in [0, 0.1) is 0 Å². The van der Waals surface area contributed by atoms with Crippen molar-refractivity contribution in [1.82, 2.24) is 24.0 Å². The van der Waals surface area contributed by atoms with E-state index in [1.807, 2.05) is 17.8 Å². The molecule has 0 spiro atoms. The highest BCUT2D eigenvalue weighted by atomic mass is 16.3. The number of imidazole rings is 1. The third kappa shape index (κ3) is 3.13. The summed E-state index contributed by atoms with van der Waals surface area (Å²) in [6.45, 7) is 3.68. The fraction of sp³-hybridized carbons (Fsp3) is 0.533. The summed E-state index contributed by atoms with van der Waals surface area (Å²) in [6, 6.07) is 0.881. The van der Waals surface area contributed by atoms with Crippen molar-refractivity contribution in [3.8, 4) is 0 Å². The highest BCUT2D eigenvalue weighted by Crippen LogP contribution is 2.31. The van der Waals surface area contributed by atoms with Crippen LogP contribution >= 0.6 is 0 Å². The minimum absolute atomic E-state index is 0.422. The van der Waals surface area contributed by atoms with Crippen molar-refractivity contribution in [3.05, 3.63) is 51.3 Å². The molecule has 1 aliphatic heterocycles. The van der Waals surface area contributed by atoms with Gasteiger partial charge in [0.15, 0.2) is 0 Å². The average Bonchev–Trinajstić information content (AvgIpc) is 2.87. The number of hydrogen-bond donors (Lipinski definition) is 2. The number of nitrogens with zero attached hydrogens (tertiary/aromatic N) is 4. The van der Waals surface area contributed by atoms with Gasteiger partial charge in [-0.25, -0.2) is 9.78 Å². The molecule has 124 valence electrons. The molecule has 8 heteroatoms. The second kappa shape index (κ2) is 5.78. The molecule has 2 aromatic rings. The molecular weight excluding hydrogens is 298 g/mol. The van der Waals surface area contributed by atoms with Crippen LogP contribution in [0.2, 0.25) is 0 Å². The molecule has 0 saturated carbocycles. The maximum absolute atomic E-state index is 12.1. The van der Waals surface area contributed by atoms with Crippen molar-refractivity contribution in [3.63, 3.8) is 0 Å². The molecule has 0 bridgehead atoms. The van der Waals surface area contributed by atoms with Crippen molar-refractivity contribution >= 4 is 0 Å². The Balaban J connectivity index is 1.86. The Bertz CT molecular complexity index is 804. The van der Waals surface area contributed by atoms with Gasteiger partial charge in [-0.1, -0.05) is 0 Å². The number of H-pyrrole nitrogens is 1. The molecule has 1 saturated heterocycles. The Hall–Kier alpha value is -2.19. The normalized spacial score (nSPS) is 25.6. The van der Waals surface area contributed by atoms with Gasteiger partial charge >= 0.3 is 5.69 Å². The van der Waals surface area contributed by atoms with E-state index in [2.05, 4.69) is 14.9 Å². The molecule has 0 radical (unpaired) electrons. The van der Waals surface area contributed by atoms with E-state index in [1.54, 1.807) is 13.3 Å². The predicted octanol–water partition coefficient (Wildman–Crippen LogP) is -0.532. The van der Waals surface area contributed by atoms with E-state index in [0.717, 1.165) is 12.2 Å². The molecule has 23 heavy (non-hydrogen) atoms. The van der Waals surface area contributed by atoms with Crippen LogP contribution in [0.3, 0.4) is 0 Å². The topological polar surface area (TPSA) is 96.2 Å². The molecule has 0 aliphatic carbocycles. The van der Waals surface area contributed by atoms with Crippen LogP contribution in [0.5, 0.6) is 0 Å². The van der Waals surface area contributed by atoms with Gasteiger partial charge in [0, 0.05) is 45.1 Å². The lowest BCUT2D eigenvalue weighted by atomic mass is 9.88. The zero-order valence-corrected chi connectivity index (χ0v) is 13.3. The maximum Gasteiger partial charge on any atom is 0.328 e. The Kier molecular flexibility index (Phi) is 3.95. The molecule has 1 fully saturated rings. The third-order valence-electron chi connectivity index (χ3n) is 4.57. The molecule has 3 heterocycles. The molecule has 0 amide bonds. The standard InChI is InChI=1S/C15H21N5O3/c1-15(23)4-6-19(8-11-7-16-10-18(11)2)9-12(15)20-5-3-13(21)17-14(20)22/h3,5,7,10,12,23H,4,6,8-9H2,1-2H3,(H,17,21,22)/t12-,15-/m1/s1. The number of nitrogens with one attached hydrogen (secondary N) is 1. The van der Waals surface area contributed by atoms with Gasteiger partial charge in [-0.3, -0.25) is 19.2 Å². The third-order valence-corrected chi connectivity index (χ3v) is 4.57. The van der Waals surface area contributed by atoms with E-state index in [0.29, 0.717) is 19.5 Å². The van der Waals surface area contributed by atoms with E-state index in [9.17, 15) is 14.7 Å². The van der Waals surface area contributed by atoms with Crippen LogP contribution in [-0.2, 0) is 13.6 Å². The molecule has 0 unspecified atom stereocenters. The van der Waals surface area contributed by atoms with Crippen LogP contribution in [-0.4, -0.2) is 47.8 Å². The van der Waals surface area contributed by atoms with Crippen molar-refractivity contribution < 1.29 is 5.11 Å².